The van der Waals surface area contributed by atoms with Crippen LogP contribution in [0, 0.1) is 11.8 Å². The minimum Gasteiger partial charge on any atom is -0.487 e. The fourth-order valence-electron chi connectivity index (χ4n) is 4.15. The van der Waals surface area contributed by atoms with Gasteiger partial charge in [0, 0.05) is 19.0 Å². The van der Waals surface area contributed by atoms with E-state index in [2.05, 4.69) is 51.2 Å². The van der Waals surface area contributed by atoms with Gasteiger partial charge < -0.3 is 10.1 Å². The molecule has 2 atom stereocenters. The summed E-state index contributed by atoms with van der Waals surface area (Å²) in [7, 11) is 0. The fraction of sp³-hybridized carbons (Fsp3) is 0.684. The van der Waals surface area contributed by atoms with E-state index in [0.29, 0.717) is 6.04 Å². The van der Waals surface area contributed by atoms with E-state index >= 15 is 0 Å². The lowest BCUT2D eigenvalue weighted by molar-refractivity contribution is 0.138. The van der Waals surface area contributed by atoms with Crippen LogP contribution in [0.15, 0.2) is 18.2 Å². The third-order valence-corrected chi connectivity index (χ3v) is 4.90. The molecule has 1 aliphatic heterocycles. The first-order valence-corrected chi connectivity index (χ1v) is 8.45. The number of benzene rings is 1. The van der Waals surface area contributed by atoms with Crippen LogP contribution in [0.3, 0.4) is 0 Å². The maximum atomic E-state index is 5.95. The molecule has 0 aromatic heterocycles. The van der Waals surface area contributed by atoms with Gasteiger partial charge in [-0.2, -0.15) is 0 Å². The van der Waals surface area contributed by atoms with E-state index in [4.69, 9.17) is 4.74 Å². The lowest BCUT2D eigenvalue weighted by Gasteiger charge is -2.32. The first-order chi connectivity index (χ1) is 9.91. The lowest BCUT2D eigenvalue weighted by atomic mass is 9.80. The molecule has 1 aliphatic carbocycles. The van der Waals surface area contributed by atoms with Gasteiger partial charge in [-0.1, -0.05) is 26.0 Å². The normalized spacial score (nSPS) is 30.8. The highest BCUT2D eigenvalue weighted by Gasteiger charge is 2.30. The van der Waals surface area contributed by atoms with E-state index in [-0.39, 0.29) is 5.60 Å². The molecule has 1 aromatic rings. The van der Waals surface area contributed by atoms with Crippen molar-refractivity contribution in [2.45, 2.75) is 71.6 Å². The molecule has 1 aromatic carbocycles. The summed E-state index contributed by atoms with van der Waals surface area (Å²) in [6.07, 6.45) is 5.06. The quantitative estimate of drug-likeness (QED) is 0.894. The molecule has 0 saturated heterocycles. The molecule has 2 nitrogen and oxygen atoms in total. The van der Waals surface area contributed by atoms with Crippen molar-refractivity contribution in [3.8, 4) is 5.75 Å². The van der Waals surface area contributed by atoms with Crippen LogP contribution in [0.5, 0.6) is 5.75 Å². The van der Waals surface area contributed by atoms with E-state index in [9.17, 15) is 0 Å². The van der Waals surface area contributed by atoms with E-state index in [1.54, 1.807) is 0 Å². The molecule has 1 fully saturated rings. The van der Waals surface area contributed by atoms with Crippen LogP contribution in [0.1, 0.15) is 58.1 Å². The summed E-state index contributed by atoms with van der Waals surface area (Å²) < 4.78 is 5.95. The van der Waals surface area contributed by atoms with Crippen LogP contribution in [0.4, 0.5) is 0 Å². The summed E-state index contributed by atoms with van der Waals surface area (Å²) in [4.78, 5) is 0. The summed E-state index contributed by atoms with van der Waals surface area (Å²) in [5, 5.41) is 3.77. The molecule has 2 unspecified atom stereocenters. The first kappa shape index (κ1) is 14.9. The summed E-state index contributed by atoms with van der Waals surface area (Å²) in [5.41, 5.74) is 2.72. The first-order valence-electron chi connectivity index (χ1n) is 8.45. The zero-order valence-electron chi connectivity index (χ0n) is 13.9. The van der Waals surface area contributed by atoms with Crippen LogP contribution in [-0.2, 0) is 13.0 Å². The summed E-state index contributed by atoms with van der Waals surface area (Å²) in [6, 6.07) is 7.37. The van der Waals surface area contributed by atoms with Crippen LogP contribution in [0.2, 0.25) is 0 Å². The Labute approximate surface area is 129 Å². The molecule has 0 bridgehead atoms. The standard InChI is InChI=1S/C19H29NO/c1-13-7-14(2)9-17(8-13)20-12-15-5-6-18-16(10-15)11-19(3,4)21-18/h5-6,10,13-14,17,20H,7-9,11-12H2,1-4H3. The maximum absolute atomic E-state index is 5.95. The van der Waals surface area contributed by atoms with Crippen molar-refractivity contribution in [1.29, 1.82) is 0 Å². The molecular formula is C19H29NO. The average Bonchev–Trinajstić information content (AvgIpc) is 2.68. The Morgan fingerprint density at radius 2 is 1.86 bits per heavy atom. The number of ether oxygens (including phenoxy) is 1. The molecule has 3 rings (SSSR count). The summed E-state index contributed by atoms with van der Waals surface area (Å²) >= 11 is 0. The molecule has 1 N–H and O–H groups in total. The molecule has 21 heavy (non-hydrogen) atoms. The highest BCUT2D eigenvalue weighted by atomic mass is 16.5. The monoisotopic (exact) mass is 287 g/mol. The average molecular weight is 287 g/mol. The van der Waals surface area contributed by atoms with Gasteiger partial charge in [0.1, 0.15) is 11.4 Å². The van der Waals surface area contributed by atoms with Crippen LogP contribution < -0.4 is 10.1 Å². The second-order valence-corrected chi connectivity index (χ2v) is 7.98. The van der Waals surface area contributed by atoms with E-state index in [0.717, 1.165) is 30.6 Å². The van der Waals surface area contributed by atoms with Gasteiger partial charge in [-0.05, 0) is 62.1 Å². The van der Waals surface area contributed by atoms with E-state index in [1.165, 1.54) is 30.4 Å². The van der Waals surface area contributed by atoms with E-state index in [1.807, 2.05) is 0 Å². The number of hydrogen-bond donors (Lipinski definition) is 1. The van der Waals surface area contributed by atoms with Crippen LogP contribution >= 0.6 is 0 Å². The van der Waals surface area contributed by atoms with Crippen LogP contribution in [0.25, 0.3) is 0 Å². The third-order valence-electron chi connectivity index (χ3n) is 4.90. The van der Waals surface area contributed by atoms with Crippen molar-refractivity contribution >= 4 is 0 Å². The van der Waals surface area contributed by atoms with Gasteiger partial charge in [0.2, 0.25) is 0 Å². The molecule has 1 heterocycles. The van der Waals surface area contributed by atoms with Gasteiger partial charge in [0.25, 0.3) is 0 Å². The fourth-order valence-corrected chi connectivity index (χ4v) is 4.15. The van der Waals surface area contributed by atoms with Crippen LogP contribution in [-0.4, -0.2) is 11.6 Å². The summed E-state index contributed by atoms with van der Waals surface area (Å²) in [6.45, 7) is 10.1. The Bertz CT molecular complexity index is 498. The number of hydrogen-bond acceptors (Lipinski definition) is 2. The molecule has 2 aliphatic rings. The minimum atomic E-state index is -0.0391. The minimum absolute atomic E-state index is 0.0391. The van der Waals surface area contributed by atoms with Crippen molar-refractivity contribution in [3.05, 3.63) is 29.3 Å². The molecular weight excluding hydrogens is 258 g/mol. The van der Waals surface area contributed by atoms with E-state index < -0.39 is 0 Å². The second kappa shape index (κ2) is 5.64. The predicted molar refractivity (Wildman–Crippen MR) is 87.7 cm³/mol. The van der Waals surface area contributed by atoms with Crippen molar-refractivity contribution in [2.75, 3.05) is 0 Å². The highest BCUT2D eigenvalue weighted by Crippen LogP contribution is 2.35. The third kappa shape index (κ3) is 3.60. The van der Waals surface area contributed by atoms with Crippen molar-refractivity contribution < 1.29 is 4.74 Å². The number of nitrogens with one attached hydrogen (secondary N) is 1. The zero-order valence-corrected chi connectivity index (χ0v) is 13.9. The molecule has 0 radical (unpaired) electrons. The lowest BCUT2D eigenvalue weighted by Crippen LogP contribution is -2.35. The van der Waals surface area contributed by atoms with Crippen molar-refractivity contribution in [3.63, 3.8) is 0 Å². The number of rotatable bonds is 3. The van der Waals surface area contributed by atoms with Gasteiger partial charge in [0.15, 0.2) is 0 Å². The maximum Gasteiger partial charge on any atom is 0.123 e. The molecule has 1 saturated carbocycles. The molecule has 116 valence electrons. The smallest absolute Gasteiger partial charge is 0.123 e. The molecule has 0 amide bonds. The summed E-state index contributed by atoms with van der Waals surface area (Å²) in [5.74, 6) is 2.80. The van der Waals surface area contributed by atoms with Crippen molar-refractivity contribution in [2.24, 2.45) is 11.8 Å². The predicted octanol–water partition coefficient (Wildman–Crippen LogP) is 4.31. The Kier molecular flexibility index (Phi) is 4.00. The largest absolute Gasteiger partial charge is 0.487 e. The molecule has 0 spiro atoms. The zero-order chi connectivity index (χ0) is 15.0. The Hall–Kier alpha value is -1.02. The number of fused-ring (bicyclic) bond motifs is 1. The Morgan fingerprint density at radius 3 is 2.57 bits per heavy atom. The van der Waals surface area contributed by atoms with Gasteiger partial charge >= 0.3 is 0 Å². The molecule has 2 heteroatoms. The highest BCUT2D eigenvalue weighted by molar-refractivity contribution is 5.41. The van der Waals surface area contributed by atoms with Gasteiger partial charge in [-0.15, -0.1) is 0 Å². The Balaban J connectivity index is 1.59. The van der Waals surface area contributed by atoms with Gasteiger partial charge in [-0.25, -0.2) is 0 Å². The van der Waals surface area contributed by atoms with Crippen molar-refractivity contribution in [1.82, 2.24) is 5.32 Å². The second-order valence-electron chi connectivity index (χ2n) is 7.98. The topological polar surface area (TPSA) is 21.3 Å². The Morgan fingerprint density at radius 1 is 1.14 bits per heavy atom. The van der Waals surface area contributed by atoms with Gasteiger partial charge in [0.05, 0.1) is 0 Å². The van der Waals surface area contributed by atoms with Gasteiger partial charge in [-0.3, -0.25) is 0 Å². The SMILES string of the molecule is CC1CC(C)CC(NCc2ccc3c(c2)CC(C)(C)O3)C1.